The summed E-state index contributed by atoms with van der Waals surface area (Å²) in [6, 6.07) is 7.60. The molecule has 0 fully saturated rings. The summed E-state index contributed by atoms with van der Waals surface area (Å²) < 4.78 is 45.7. The van der Waals surface area contributed by atoms with E-state index in [2.05, 4.69) is 0 Å². The summed E-state index contributed by atoms with van der Waals surface area (Å²) in [5, 5.41) is 0. The van der Waals surface area contributed by atoms with Gasteiger partial charge in [0, 0.05) is 12.1 Å². The zero-order chi connectivity index (χ0) is 15.4. The third-order valence-electron chi connectivity index (χ3n) is 2.93. The fourth-order valence-corrected chi connectivity index (χ4v) is 2.02. The Balaban J connectivity index is 2.14. The van der Waals surface area contributed by atoms with Crippen LogP contribution in [0.25, 0.3) is 0 Å². The van der Waals surface area contributed by atoms with Crippen LogP contribution in [0.15, 0.2) is 36.4 Å². The van der Waals surface area contributed by atoms with Gasteiger partial charge in [0.2, 0.25) is 0 Å². The van der Waals surface area contributed by atoms with Crippen molar-refractivity contribution in [2.75, 3.05) is 0 Å². The van der Waals surface area contributed by atoms with Gasteiger partial charge in [0.15, 0.2) is 0 Å². The SMILES string of the molecule is CC(N)Cc1cc(F)cc(OCc2c(F)cccc2F)c1. The minimum absolute atomic E-state index is 0.122. The molecule has 112 valence electrons. The third kappa shape index (κ3) is 4.23. The van der Waals surface area contributed by atoms with E-state index in [1.54, 1.807) is 13.0 Å². The lowest BCUT2D eigenvalue weighted by atomic mass is 10.1. The van der Waals surface area contributed by atoms with Crippen LogP contribution in [0.5, 0.6) is 5.75 Å². The first kappa shape index (κ1) is 15.4. The van der Waals surface area contributed by atoms with Gasteiger partial charge in [-0.3, -0.25) is 0 Å². The Morgan fingerprint density at radius 2 is 1.76 bits per heavy atom. The van der Waals surface area contributed by atoms with Crippen LogP contribution in [0.1, 0.15) is 18.1 Å². The third-order valence-corrected chi connectivity index (χ3v) is 2.93. The predicted octanol–water partition coefficient (Wildman–Crippen LogP) is 3.57. The fraction of sp³-hybridized carbons (Fsp3) is 0.250. The Kier molecular flexibility index (Phi) is 4.85. The van der Waals surface area contributed by atoms with Crippen LogP contribution >= 0.6 is 0 Å². The Morgan fingerprint density at radius 3 is 2.38 bits per heavy atom. The van der Waals surface area contributed by atoms with E-state index in [1.165, 1.54) is 18.2 Å². The molecule has 0 saturated heterocycles. The van der Waals surface area contributed by atoms with E-state index in [4.69, 9.17) is 10.5 Å². The molecule has 5 heteroatoms. The van der Waals surface area contributed by atoms with Crippen molar-refractivity contribution in [3.05, 3.63) is 65.0 Å². The monoisotopic (exact) mass is 295 g/mol. The molecule has 0 heterocycles. The summed E-state index contributed by atoms with van der Waals surface area (Å²) in [5.74, 6) is -1.64. The number of benzene rings is 2. The van der Waals surface area contributed by atoms with Crippen LogP contribution in [0, 0.1) is 17.5 Å². The van der Waals surface area contributed by atoms with E-state index in [-0.39, 0.29) is 24.0 Å². The smallest absolute Gasteiger partial charge is 0.132 e. The van der Waals surface area contributed by atoms with E-state index in [9.17, 15) is 13.2 Å². The maximum absolute atomic E-state index is 13.5. The van der Waals surface area contributed by atoms with Crippen LogP contribution in [0.3, 0.4) is 0 Å². The molecule has 2 rings (SSSR count). The lowest BCUT2D eigenvalue weighted by molar-refractivity contribution is 0.291. The van der Waals surface area contributed by atoms with E-state index >= 15 is 0 Å². The maximum Gasteiger partial charge on any atom is 0.132 e. The highest BCUT2D eigenvalue weighted by molar-refractivity contribution is 5.30. The van der Waals surface area contributed by atoms with Crippen LogP contribution in [0.4, 0.5) is 13.2 Å². The molecule has 2 aromatic carbocycles. The molecule has 0 bridgehead atoms. The molecule has 21 heavy (non-hydrogen) atoms. The lowest BCUT2D eigenvalue weighted by Crippen LogP contribution is -2.17. The topological polar surface area (TPSA) is 35.2 Å². The zero-order valence-electron chi connectivity index (χ0n) is 11.6. The summed E-state index contributed by atoms with van der Waals surface area (Å²) in [6.45, 7) is 1.50. The second-order valence-corrected chi connectivity index (χ2v) is 4.97. The van der Waals surface area contributed by atoms with E-state index < -0.39 is 17.5 Å². The molecule has 0 aliphatic heterocycles. The van der Waals surface area contributed by atoms with Crippen molar-refractivity contribution in [3.8, 4) is 5.75 Å². The Morgan fingerprint density at radius 1 is 1.10 bits per heavy atom. The number of rotatable bonds is 5. The average Bonchev–Trinajstić information content (AvgIpc) is 2.36. The van der Waals surface area contributed by atoms with E-state index in [0.29, 0.717) is 12.0 Å². The molecular weight excluding hydrogens is 279 g/mol. The van der Waals surface area contributed by atoms with Crippen LogP contribution in [-0.2, 0) is 13.0 Å². The van der Waals surface area contributed by atoms with Crippen LogP contribution in [-0.4, -0.2) is 6.04 Å². The van der Waals surface area contributed by atoms with Crippen molar-refractivity contribution in [2.24, 2.45) is 5.73 Å². The summed E-state index contributed by atoms with van der Waals surface area (Å²) in [4.78, 5) is 0. The Bertz CT molecular complexity index is 609. The highest BCUT2D eigenvalue weighted by atomic mass is 19.1. The Hall–Kier alpha value is -2.01. The van der Waals surface area contributed by atoms with Gasteiger partial charge in [0.25, 0.3) is 0 Å². The minimum Gasteiger partial charge on any atom is -0.489 e. The fourth-order valence-electron chi connectivity index (χ4n) is 2.02. The van der Waals surface area contributed by atoms with Gasteiger partial charge >= 0.3 is 0 Å². The van der Waals surface area contributed by atoms with Gasteiger partial charge in [-0.2, -0.15) is 0 Å². The standard InChI is InChI=1S/C16H16F3NO/c1-10(20)5-11-6-12(17)8-13(7-11)21-9-14-15(18)3-2-4-16(14)19/h2-4,6-8,10H,5,9,20H2,1H3. The molecule has 1 unspecified atom stereocenters. The van der Waals surface area contributed by atoms with Crippen LogP contribution < -0.4 is 10.5 Å². The highest BCUT2D eigenvalue weighted by Gasteiger charge is 2.10. The van der Waals surface area contributed by atoms with Crippen molar-refractivity contribution in [3.63, 3.8) is 0 Å². The number of ether oxygens (including phenoxy) is 1. The van der Waals surface area contributed by atoms with Gasteiger partial charge in [-0.15, -0.1) is 0 Å². The quantitative estimate of drug-likeness (QED) is 0.915. The maximum atomic E-state index is 13.5. The van der Waals surface area contributed by atoms with Gasteiger partial charge in [-0.1, -0.05) is 6.07 Å². The lowest BCUT2D eigenvalue weighted by Gasteiger charge is -2.11. The first-order valence-electron chi connectivity index (χ1n) is 6.56. The zero-order valence-corrected chi connectivity index (χ0v) is 11.6. The first-order chi connectivity index (χ1) is 9.95. The van der Waals surface area contributed by atoms with Crippen molar-refractivity contribution < 1.29 is 17.9 Å². The van der Waals surface area contributed by atoms with Gasteiger partial charge in [0.1, 0.15) is 29.8 Å². The second kappa shape index (κ2) is 6.63. The summed E-state index contributed by atoms with van der Waals surface area (Å²) in [5.41, 5.74) is 6.16. The molecule has 1 atom stereocenters. The van der Waals surface area contributed by atoms with E-state index in [1.807, 2.05) is 0 Å². The number of hydrogen-bond donors (Lipinski definition) is 1. The molecule has 2 nitrogen and oxygen atoms in total. The van der Waals surface area contributed by atoms with Crippen LogP contribution in [0.2, 0.25) is 0 Å². The van der Waals surface area contributed by atoms with Gasteiger partial charge in [-0.05, 0) is 43.2 Å². The summed E-state index contributed by atoms with van der Waals surface area (Å²) in [6.07, 6.45) is 0.488. The first-order valence-corrected chi connectivity index (χ1v) is 6.56. The van der Waals surface area contributed by atoms with Gasteiger partial charge < -0.3 is 10.5 Å². The molecule has 0 aliphatic carbocycles. The van der Waals surface area contributed by atoms with E-state index in [0.717, 1.165) is 12.1 Å². The average molecular weight is 295 g/mol. The Labute approximate surface area is 121 Å². The molecular formula is C16H16F3NO. The molecule has 0 aromatic heterocycles. The van der Waals surface area contributed by atoms with Crippen molar-refractivity contribution in [2.45, 2.75) is 26.0 Å². The van der Waals surface area contributed by atoms with Gasteiger partial charge in [-0.25, -0.2) is 13.2 Å². The van der Waals surface area contributed by atoms with Crippen molar-refractivity contribution in [1.82, 2.24) is 0 Å². The number of halogens is 3. The van der Waals surface area contributed by atoms with Crippen molar-refractivity contribution in [1.29, 1.82) is 0 Å². The van der Waals surface area contributed by atoms with Gasteiger partial charge in [0.05, 0.1) is 5.56 Å². The minimum atomic E-state index is -0.692. The second-order valence-electron chi connectivity index (χ2n) is 4.97. The largest absolute Gasteiger partial charge is 0.489 e. The molecule has 0 spiro atoms. The number of hydrogen-bond acceptors (Lipinski definition) is 2. The molecule has 0 radical (unpaired) electrons. The summed E-state index contributed by atoms with van der Waals surface area (Å²) >= 11 is 0. The molecule has 0 amide bonds. The molecule has 0 saturated carbocycles. The molecule has 0 aliphatic rings. The summed E-state index contributed by atoms with van der Waals surface area (Å²) in [7, 11) is 0. The predicted molar refractivity (Wildman–Crippen MR) is 74.4 cm³/mol. The number of nitrogens with two attached hydrogens (primary N) is 1. The van der Waals surface area contributed by atoms with Crippen molar-refractivity contribution >= 4 is 0 Å². The highest BCUT2D eigenvalue weighted by Crippen LogP contribution is 2.20. The molecule has 2 aromatic rings. The normalized spacial score (nSPS) is 12.2. The molecule has 2 N–H and O–H groups in total.